The van der Waals surface area contributed by atoms with E-state index in [9.17, 15) is 4.79 Å². The van der Waals surface area contributed by atoms with E-state index in [4.69, 9.17) is 0 Å². The zero-order valence-corrected chi connectivity index (χ0v) is 9.29. The van der Waals surface area contributed by atoms with Gasteiger partial charge in [0.15, 0.2) is 5.78 Å². The van der Waals surface area contributed by atoms with Crippen molar-refractivity contribution in [3.05, 3.63) is 41.5 Å². The highest BCUT2D eigenvalue weighted by molar-refractivity contribution is 5.95. The molecule has 0 aliphatic heterocycles. The zero-order valence-electron chi connectivity index (χ0n) is 9.29. The molecule has 0 bridgehead atoms. The van der Waals surface area contributed by atoms with E-state index in [0.29, 0.717) is 5.92 Å². The van der Waals surface area contributed by atoms with Crippen molar-refractivity contribution in [1.82, 2.24) is 0 Å². The molecule has 1 aliphatic carbocycles. The van der Waals surface area contributed by atoms with Gasteiger partial charge in [-0.05, 0) is 48.5 Å². The van der Waals surface area contributed by atoms with Crippen LogP contribution < -0.4 is 0 Å². The number of benzene rings is 1. The Bertz CT molecular complexity index is 415. The summed E-state index contributed by atoms with van der Waals surface area (Å²) in [4.78, 5) is 11.1. The number of allylic oxidation sites excluding steroid dienone is 2. The second-order valence-corrected chi connectivity index (χ2v) is 4.31. The van der Waals surface area contributed by atoms with Gasteiger partial charge in [0.1, 0.15) is 0 Å². The van der Waals surface area contributed by atoms with Crippen LogP contribution in [0, 0.1) is 0 Å². The molecule has 1 aliphatic rings. The van der Waals surface area contributed by atoms with E-state index in [1.54, 1.807) is 13.0 Å². The van der Waals surface area contributed by atoms with Crippen molar-refractivity contribution in [2.75, 3.05) is 0 Å². The first-order valence-electron chi connectivity index (χ1n) is 5.49. The minimum atomic E-state index is 0.148. The predicted molar refractivity (Wildman–Crippen MR) is 62.7 cm³/mol. The second-order valence-electron chi connectivity index (χ2n) is 4.31. The third kappa shape index (κ3) is 2.01. The number of hydrogen-bond donors (Lipinski definition) is 0. The highest BCUT2D eigenvalue weighted by atomic mass is 16.1. The number of rotatable bonds is 1. The van der Waals surface area contributed by atoms with Crippen molar-refractivity contribution < 1.29 is 4.79 Å². The maximum Gasteiger partial charge on any atom is 0.152 e. The molecule has 0 radical (unpaired) electrons. The molecular formula is C14H16O. The van der Waals surface area contributed by atoms with E-state index in [-0.39, 0.29) is 5.78 Å². The highest BCUT2D eigenvalue weighted by Gasteiger charge is 2.19. The molecule has 0 fully saturated rings. The summed E-state index contributed by atoms with van der Waals surface area (Å²) in [6, 6.07) is 8.42. The topological polar surface area (TPSA) is 17.1 Å². The number of carbonyl (C=O) groups is 1. The Labute approximate surface area is 90.8 Å². The summed E-state index contributed by atoms with van der Waals surface area (Å²) in [7, 11) is 0. The first-order chi connectivity index (χ1) is 7.18. The average molecular weight is 200 g/mol. The van der Waals surface area contributed by atoms with Gasteiger partial charge < -0.3 is 0 Å². The lowest BCUT2D eigenvalue weighted by atomic mass is 9.80. The summed E-state index contributed by atoms with van der Waals surface area (Å²) in [6.45, 7) is 3.87. The van der Waals surface area contributed by atoms with Crippen LogP contribution in [0.25, 0.3) is 5.57 Å². The molecule has 2 rings (SSSR count). The standard InChI is InChI=1S/C14H16O/c1-10-7-8-12(9-11(2)15)14-6-4-3-5-13(10)14/h3-6,9-10H,7-8H2,1-2H3/b12-9-. The van der Waals surface area contributed by atoms with Crippen LogP contribution in [0.4, 0.5) is 0 Å². The number of hydrogen-bond acceptors (Lipinski definition) is 1. The van der Waals surface area contributed by atoms with Gasteiger partial charge >= 0.3 is 0 Å². The van der Waals surface area contributed by atoms with E-state index in [2.05, 4.69) is 25.1 Å². The molecule has 0 amide bonds. The lowest BCUT2D eigenvalue weighted by Gasteiger charge is -2.24. The maximum atomic E-state index is 11.1. The van der Waals surface area contributed by atoms with Gasteiger partial charge in [-0.3, -0.25) is 4.79 Å². The Morgan fingerprint density at radius 1 is 1.40 bits per heavy atom. The fourth-order valence-electron chi connectivity index (χ4n) is 2.28. The van der Waals surface area contributed by atoms with Crippen LogP contribution in [-0.2, 0) is 4.79 Å². The van der Waals surface area contributed by atoms with Crippen LogP contribution in [0.15, 0.2) is 30.3 Å². The summed E-state index contributed by atoms with van der Waals surface area (Å²) in [5.41, 5.74) is 3.86. The quantitative estimate of drug-likeness (QED) is 0.633. The molecule has 15 heavy (non-hydrogen) atoms. The van der Waals surface area contributed by atoms with Crippen molar-refractivity contribution in [3.8, 4) is 0 Å². The summed E-state index contributed by atoms with van der Waals surface area (Å²) in [6.07, 6.45) is 3.96. The van der Waals surface area contributed by atoms with E-state index in [1.807, 2.05) is 6.07 Å². The summed E-state index contributed by atoms with van der Waals surface area (Å²) in [5, 5.41) is 0. The molecule has 0 spiro atoms. The third-order valence-corrected chi connectivity index (χ3v) is 3.06. The van der Waals surface area contributed by atoms with Gasteiger partial charge in [-0.1, -0.05) is 31.2 Å². The van der Waals surface area contributed by atoms with Crippen LogP contribution in [0.2, 0.25) is 0 Å². The molecule has 1 nitrogen and oxygen atoms in total. The predicted octanol–water partition coefficient (Wildman–Crippen LogP) is 3.56. The second kappa shape index (κ2) is 4.01. The number of carbonyl (C=O) groups excluding carboxylic acids is 1. The van der Waals surface area contributed by atoms with Gasteiger partial charge in [0.05, 0.1) is 0 Å². The van der Waals surface area contributed by atoms with Gasteiger partial charge in [0.25, 0.3) is 0 Å². The minimum absolute atomic E-state index is 0.148. The van der Waals surface area contributed by atoms with E-state index in [1.165, 1.54) is 16.7 Å². The Balaban J connectivity index is 2.49. The zero-order chi connectivity index (χ0) is 10.8. The molecule has 0 saturated heterocycles. The number of ketones is 1. The molecule has 1 atom stereocenters. The molecular weight excluding hydrogens is 184 g/mol. The van der Waals surface area contributed by atoms with Crippen molar-refractivity contribution in [2.45, 2.75) is 32.6 Å². The third-order valence-electron chi connectivity index (χ3n) is 3.06. The molecule has 0 N–H and O–H groups in total. The normalized spacial score (nSPS) is 22.5. The average Bonchev–Trinajstić information content (AvgIpc) is 2.22. The van der Waals surface area contributed by atoms with Crippen molar-refractivity contribution in [1.29, 1.82) is 0 Å². The van der Waals surface area contributed by atoms with Gasteiger partial charge in [0, 0.05) is 0 Å². The smallest absolute Gasteiger partial charge is 0.152 e. The van der Waals surface area contributed by atoms with E-state index >= 15 is 0 Å². The van der Waals surface area contributed by atoms with Gasteiger partial charge in [0.2, 0.25) is 0 Å². The Hall–Kier alpha value is -1.37. The fraction of sp³-hybridized carbons (Fsp3) is 0.357. The van der Waals surface area contributed by atoms with Crippen LogP contribution in [-0.4, -0.2) is 5.78 Å². The number of fused-ring (bicyclic) bond motifs is 1. The van der Waals surface area contributed by atoms with Crippen molar-refractivity contribution >= 4 is 11.4 Å². The molecule has 1 heteroatoms. The first kappa shape index (κ1) is 10.2. The SMILES string of the molecule is CC(=O)/C=C1/CCC(C)c2ccccc21. The Morgan fingerprint density at radius 3 is 2.87 bits per heavy atom. The van der Waals surface area contributed by atoms with Crippen LogP contribution in [0.1, 0.15) is 43.7 Å². The molecule has 1 aromatic rings. The van der Waals surface area contributed by atoms with E-state index in [0.717, 1.165) is 12.8 Å². The van der Waals surface area contributed by atoms with Gasteiger partial charge in [-0.15, -0.1) is 0 Å². The molecule has 1 aromatic carbocycles. The maximum absolute atomic E-state index is 11.1. The fourth-order valence-corrected chi connectivity index (χ4v) is 2.28. The van der Waals surface area contributed by atoms with Crippen molar-refractivity contribution in [3.63, 3.8) is 0 Å². The molecule has 0 heterocycles. The lowest BCUT2D eigenvalue weighted by molar-refractivity contribution is -0.112. The molecule has 0 aromatic heterocycles. The summed E-state index contributed by atoms with van der Waals surface area (Å²) >= 11 is 0. The Kier molecular flexibility index (Phi) is 2.72. The molecule has 1 unspecified atom stereocenters. The monoisotopic (exact) mass is 200 g/mol. The molecule has 78 valence electrons. The lowest BCUT2D eigenvalue weighted by Crippen LogP contribution is -2.06. The van der Waals surface area contributed by atoms with Crippen LogP contribution in [0.5, 0.6) is 0 Å². The first-order valence-corrected chi connectivity index (χ1v) is 5.49. The molecule has 0 saturated carbocycles. The summed E-state index contributed by atoms with van der Waals surface area (Å²) in [5.74, 6) is 0.764. The van der Waals surface area contributed by atoms with Gasteiger partial charge in [-0.2, -0.15) is 0 Å². The van der Waals surface area contributed by atoms with Crippen LogP contribution >= 0.6 is 0 Å². The highest BCUT2D eigenvalue weighted by Crippen LogP contribution is 2.37. The largest absolute Gasteiger partial charge is 0.295 e. The van der Waals surface area contributed by atoms with Crippen molar-refractivity contribution in [2.24, 2.45) is 0 Å². The van der Waals surface area contributed by atoms with E-state index < -0.39 is 0 Å². The minimum Gasteiger partial charge on any atom is -0.295 e. The Morgan fingerprint density at radius 2 is 2.13 bits per heavy atom. The van der Waals surface area contributed by atoms with Gasteiger partial charge in [-0.25, -0.2) is 0 Å². The van der Waals surface area contributed by atoms with Crippen LogP contribution in [0.3, 0.4) is 0 Å². The summed E-state index contributed by atoms with van der Waals surface area (Å²) < 4.78 is 0.